The normalized spacial score (nSPS) is 17.9. The predicted molar refractivity (Wildman–Crippen MR) is 65.0 cm³/mol. The van der Waals surface area contributed by atoms with E-state index >= 15 is 0 Å². The summed E-state index contributed by atoms with van der Waals surface area (Å²) in [4.78, 5) is 27.5. The van der Waals surface area contributed by atoms with Crippen molar-refractivity contribution in [3.8, 4) is 0 Å². The lowest BCUT2D eigenvalue weighted by molar-refractivity contribution is 0.0916. The molecule has 1 fully saturated rings. The molecule has 1 amide bonds. The zero-order valence-corrected chi connectivity index (χ0v) is 9.90. The summed E-state index contributed by atoms with van der Waals surface area (Å²) in [7, 11) is 2.08. The second-order valence-electron chi connectivity index (χ2n) is 4.49. The highest BCUT2D eigenvalue weighted by atomic mass is 16.2. The van der Waals surface area contributed by atoms with Crippen LogP contribution in [0.25, 0.3) is 0 Å². The number of pyridine rings is 1. The van der Waals surface area contributed by atoms with Gasteiger partial charge in [-0.15, -0.1) is 0 Å². The smallest absolute Gasteiger partial charge is 0.252 e. The molecule has 5 nitrogen and oxygen atoms in total. The molecule has 2 heterocycles. The second-order valence-corrected chi connectivity index (χ2v) is 4.49. The number of hydrogen-bond acceptors (Lipinski definition) is 3. The van der Waals surface area contributed by atoms with E-state index in [2.05, 4.69) is 22.2 Å². The highest BCUT2D eigenvalue weighted by Crippen LogP contribution is 2.08. The third kappa shape index (κ3) is 3.17. The number of rotatable bonds is 2. The second kappa shape index (κ2) is 5.14. The topological polar surface area (TPSA) is 65.2 Å². The summed E-state index contributed by atoms with van der Waals surface area (Å²) >= 11 is 0. The molecule has 0 saturated carbocycles. The van der Waals surface area contributed by atoms with E-state index in [1.807, 2.05) is 0 Å². The first-order valence-corrected chi connectivity index (χ1v) is 5.83. The van der Waals surface area contributed by atoms with E-state index < -0.39 is 0 Å². The van der Waals surface area contributed by atoms with Crippen molar-refractivity contribution < 1.29 is 4.79 Å². The fourth-order valence-corrected chi connectivity index (χ4v) is 1.97. The van der Waals surface area contributed by atoms with Crippen molar-refractivity contribution >= 4 is 5.91 Å². The summed E-state index contributed by atoms with van der Waals surface area (Å²) in [5.41, 5.74) is 0.310. The van der Waals surface area contributed by atoms with Crippen molar-refractivity contribution in [3.05, 3.63) is 34.2 Å². The number of carbonyl (C=O) groups is 1. The van der Waals surface area contributed by atoms with Crippen LogP contribution in [0.2, 0.25) is 0 Å². The summed E-state index contributed by atoms with van der Waals surface area (Å²) in [5, 5.41) is 2.99. The number of likely N-dealkylation sites (tertiary alicyclic amines) is 1. The van der Waals surface area contributed by atoms with Crippen LogP contribution in [0.3, 0.4) is 0 Å². The zero-order chi connectivity index (χ0) is 12.3. The van der Waals surface area contributed by atoms with Gasteiger partial charge in [-0.1, -0.05) is 0 Å². The van der Waals surface area contributed by atoms with E-state index in [1.165, 1.54) is 12.3 Å². The zero-order valence-electron chi connectivity index (χ0n) is 9.90. The van der Waals surface area contributed by atoms with Gasteiger partial charge in [0.05, 0.1) is 5.56 Å². The predicted octanol–water partition coefficient (Wildman–Crippen LogP) is 0.199. The van der Waals surface area contributed by atoms with Gasteiger partial charge in [0, 0.05) is 18.3 Å². The van der Waals surface area contributed by atoms with Crippen molar-refractivity contribution in [3.63, 3.8) is 0 Å². The first-order chi connectivity index (χ1) is 8.15. The molecule has 0 aromatic carbocycles. The molecule has 92 valence electrons. The van der Waals surface area contributed by atoms with Crippen molar-refractivity contribution in [2.75, 3.05) is 20.1 Å². The average Bonchev–Trinajstić information content (AvgIpc) is 2.33. The van der Waals surface area contributed by atoms with Crippen LogP contribution in [0.1, 0.15) is 23.2 Å². The molecule has 5 heteroatoms. The van der Waals surface area contributed by atoms with E-state index in [9.17, 15) is 9.59 Å². The molecular formula is C12H17N3O2. The number of piperidine rings is 1. The molecule has 0 aliphatic carbocycles. The highest BCUT2D eigenvalue weighted by Gasteiger charge is 2.18. The van der Waals surface area contributed by atoms with Crippen LogP contribution in [0.4, 0.5) is 0 Å². The molecule has 2 rings (SSSR count). The van der Waals surface area contributed by atoms with Crippen molar-refractivity contribution in [1.29, 1.82) is 0 Å². The number of nitrogens with zero attached hydrogens (tertiary/aromatic N) is 1. The van der Waals surface area contributed by atoms with Gasteiger partial charge in [0.15, 0.2) is 0 Å². The van der Waals surface area contributed by atoms with Crippen LogP contribution in [-0.2, 0) is 0 Å². The summed E-state index contributed by atoms with van der Waals surface area (Å²) in [6, 6.07) is 3.15. The van der Waals surface area contributed by atoms with Crippen molar-refractivity contribution in [2.24, 2.45) is 0 Å². The summed E-state index contributed by atoms with van der Waals surface area (Å²) in [6.07, 6.45) is 3.41. The van der Waals surface area contributed by atoms with Crippen LogP contribution < -0.4 is 10.9 Å². The van der Waals surface area contributed by atoms with Crippen molar-refractivity contribution in [1.82, 2.24) is 15.2 Å². The molecule has 1 aliphatic heterocycles. The van der Waals surface area contributed by atoms with Crippen molar-refractivity contribution in [2.45, 2.75) is 18.9 Å². The minimum absolute atomic E-state index is 0.115. The number of nitrogens with one attached hydrogen (secondary N) is 2. The van der Waals surface area contributed by atoms with Crippen LogP contribution in [-0.4, -0.2) is 42.0 Å². The molecule has 1 aromatic rings. The van der Waals surface area contributed by atoms with Gasteiger partial charge in [0.25, 0.3) is 5.91 Å². The van der Waals surface area contributed by atoms with Gasteiger partial charge in [0.1, 0.15) is 0 Å². The Balaban J connectivity index is 1.93. The van der Waals surface area contributed by atoms with Crippen LogP contribution in [0.15, 0.2) is 23.1 Å². The van der Waals surface area contributed by atoms with Crippen LogP contribution in [0, 0.1) is 0 Å². The Kier molecular flexibility index (Phi) is 3.58. The van der Waals surface area contributed by atoms with Gasteiger partial charge >= 0.3 is 0 Å². The lowest BCUT2D eigenvalue weighted by atomic mass is 10.1. The lowest BCUT2D eigenvalue weighted by Crippen LogP contribution is -2.43. The van der Waals surface area contributed by atoms with Gasteiger partial charge in [0.2, 0.25) is 5.56 Å². The van der Waals surface area contributed by atoms with Crippen LogP contribution >= 0.6 is 0 Å². The summed E-state index contributed by atoms with van der Waals surface area (Å²) in [6.45, 7) is 2.02. The molecule has 17 heavy (non-hydrogen) atoms. The number of aromatic amines is 1. The van der Waals surface area contributed by atoms with Gasteiger partial charge in [-0.3, -0.25) is 9.59 Å². The standard InChI is InChI=1S/C12H17N3O2/c1-15-6-4-10(5-7-15)14-12(17)9-2-3-11(16)13-8-9/h2-3,8,10H,4-7H2,1H3,(H,13,16)(H,14,17). The summed E-state index contributed by atoms with van der Waals surface area (Å²) in [5.74, 6) is -0.115. The Morgan fingerprint density at radius 3 is 2.71 bits per heavy atom. The third-order valence-electron chi connectivity index (χ3n) is 3.10. The highest BCUT2D eigenvalue weighted by molar-refractivity contribution is 5.93. The van der Waals surface area contributed by atoms with Gasteiger partial charge in [-0.2, -0.15) is 0 Å². The Labute approximate surface area is 99.8 Å². The Morgan fingerprint density at radius 2 is 2.12 bits per heavy atom. The van der Waals surface area contributed by atoms with E-state index in [1.54, 1.807) is 6.07 Å². The number of carbonyl (C=O) groups excluding carboxylic acids is 1. The van der Waals surface area contributed by atoms with Gasteiger partial charge in [-0.05, 0) is 39.0 Å². The Morgan fingerprint density at radius 1 is 1.41 bits per heavy atom. The van der Waals surface area contributed by atoms with E-state index in [0.29, 0.717) is 5.56 Å². The van der Waals surface area contributed by atoms with E-state index in [0.717, 1.165) is 25.9 Å². The average molecular weight is 235 g/mol. The molecule has 0 bridgehead atoms. The molecule has 2 N–H and O–H groups in total. The Hall–Kier alpha value is -1.62. The lowest BCUT2D eigenvalue weighted by Gasteiger charge is -2.29. The monoisotopic (exact) mass is 235 g/mol. The first kappa shape index (κ1) is 11.9. The van der Waals surface area contributed by atoms with E-state index in [-0.39, 0.29) is 17.5 Å². The number of aromatic nitrogens is 1. The van der Waals surface area contributed by atoms with Crippen LogP contribution in [0.5, 0.6) is 0 Å². The maximum Gasteiger partial charge on any atom is 0.252 e. The minimum atomic E-state index is -0.194. The molecule has 0 spiro atoms. The summed E-state index contributed by atoms with van der Waals surface area (Å²) < 4.78 is 0. The fraction of sp³-hybridized carbons (Fsp3) is 0.500. The molecule has 1 aromatic heterocycles. The largest absolute Gasteiger partial charge is 0.349 e. The number of hydrogen-bond donors (Lipinski definition) is 2. The van der Waals surface area contributed by atoms with Gasteiger partial charge < -0.3 is 15.2 Å². The molecule has 0 radical (unpaired) electrons. The fourth-order valence-electron chi connectivity index (χ4n) is 1.97. The minimum Gasteiger partial charge on any atom is -0.349 e. The molecule has 0 unspecified atom stereocenters. The third-order valence-corrected chi connectivity index (χ3v) is 3.10. The molecule has 0 atom stereocenters. The maximum absolute atomic E-state index is 11.9. The maximum atomic E-state index is 11.9. The molecule has 1 saturated heterocycles. The first-order valence-electron chi connectivity index (χ1n) is 5.83. The number of amides is 1. The van der Waals surface area contributed by atoms with Gasteiger partial charge in [-0.25, -0.2) is 0 Å². The molecule has 1 aliphatic rings. The molecular weight excluding hydrogens is 218 g/mol. The van der Waals surface area contributed by atoms with E-state index in [4.69, 9.17) is 0 Å². The number of H-pyrrole nitrogens is 1. The SMILES string of the molecule is CN1CCC(NC(=O)c2ccc(=O)[nH]c2)CC1. The Bertz CT molecular complexity index is 427. The quantitative estimate of drug-likeness (QED) is 0.769.